The molecule has 3 aromatic rings. The molecule has 11 heteroatoms. The molecule has 0 unspecified atom stereocenters. The van der Waals surface area contributed by atoms with Gasteiger partial charge in [0, 0.05) is 29.9 Å². The van der Waals surface area contributed by atoms with Gasteiger partial charge in [-0.2, -0.15) is 10.2 Å². The summed E-state index contributed by atoms with van der Waals surface area (Å²) in [7, 11) is 0. The van der Waals surface area contributed by atoms with Crippen molar-refractivity contribution < 1.29 is 28.3 Å². The van der Waals surface area contributed by atoms with E-state index >= 15 is 0 Å². The summed E-state index contributed by atoms with van der Waals surface area (Å²) in [6.07, 6.45) is 1.09. The second-order valence-corrected chi connectivity index (χ2v) is 12.5. The summed E-state index contributed by atoms with van der Waals surface area (Å²) < 4.78 is 28.9. The van der Waals surface area contributed by atoms with Crippen molar-refractivity contribution in [3.05, 3.63) is 47.5 Å². The number of anilines is 1. The quantitative estimate of drug-likeness (QED) is 0.361. The first-order valence-electron chi connectivity index (χ1n) is 14.6. The van der Waals surface area contributed by atoms with E-state index in [1.54, 1.807) is 12.1 Å². The van der Waals surface area contributed by atoms with Crippen LogP contribution in [0.25, 0.3) is 22.8 Å². The average molecular weight is 590 g/mol. The number of hydrogen-bond donors (Lipinski definition) is 1. The zero-order valence-electron chi connectivity index (χ0n) is 25.7. The van der Waals surface area contributed by atoms with E-state index in [4.69, 9.17) is 23.5 Å². The number of fused-ring (bicyclic) bond motifs is 1. The van der Waals surface area contributed by atoms with Gasteiger partial charge in [0.1, 0.15) is 23.0 Å². The zero-order chi connectivity index (χ0) is 30.8. The Morgan fingerprint density at radius 1 is 1.19 bits per heavy atom. The topological polar surface area (TPSA) is 132 Å². The minimum absolute atomic E-state index is 0.270. The number of amides is 1. The molecule has 2 aromatic carbocycles. The molecule has 2 aliphatic rings. The van der Waals surface area contributed by atoms with Gasteiger partial charge in [-0.05, 0) is 77.3 Å². The summed E-state index contributed by atoms with van der Waals surface area (Å²) in [5.41, 5.74) is 2.56. The molecular weight excluding hydrogens is 550 g/mol. The number of rotatable bonds is 8. The molecule has 1 N–H and O–H groups in total. The smallest absolute Gasteiger partial charge is 0.408 e. The van der Waals surface area contributed by atoms with Crippen molar-refractivity contribution in [3.8, 4) is 34.7 Å². The van der Waals surface area contributed by atoms with Gasteiger partial charge >= 0.3 is 6.09 Å². The maximum Gasteiger partial charge on any atom is 0.408 e. The van der Waals surface area contributed by atoms with Crippen LogP contribution in [0.2, 0.25) is 0 Å². The van der Waals surface area contributed by atoms with Crippen molar-refractivity contribution in [2.75, 3.05) is 37.8 Å². The molecule has 2 aliphatic heterocycles. The van der Waals surface area contributed by atoms with E-state index in [1.807, 2.05) is 59.7 Å². The molecule has 5 rings (SSSR count). The highest BCUT2D eigenvalue weighted by atomic mass is 16.7. The molecule has 1 fully saturated rings. The Kier molecular flexibility index (Phi) is 8.36. The molecule has 0 saturated carbocycles. The van der Waals surface area contributed by atoms with Crippen LogP contribution in [0.15, 0.2) is 40.9 Å². The molecule has 0 atom stereocenters. The second-order valence-electron chi connectivity index (χ2n) is 12.5. The third kappa shape index (κ3) is 6.92. The largest absolute Gasteiger partial charge is 0.492 e. The van der Waals surface area contributed by atoms with E-state index in [0.29, 0.717) is 41.7 Å². The molecule has 228 valence electrons. The fourth-order valence-electron chi connectivity index (χ4n) is 5.21. The molecule has 43 heavy (non-hydrogen) atoms. The number of nitrogens with one attached hydrogen (secondary N) is 1. The normalized spacial score (nSPS) is 17.2. The summed E-state index contributed by atoms with van der Waals surface area (Å²) in [6, 6.07) is 13.4. The van der Waals surface area contributed by atoms with Crippen molar-refractivity contribution in [1.82, 2.24) is 15.5 Å². The minimum Gasteiger partial charge on any atom is -0.492 e. The third-order valence-corrected chi connectivity index (χ3v) is 7.25. The number of benzene rings is 2. The Morgan fingerprint density at radius 2 is 1.95 bits per heavy atom. The van der Waals surface area contributed by atoms with Crippen molar-refractivity contribution in [2.45, 2.75) is 71.3 Å². The molecule has 1 saturated heterocycles. The first-order chi connectivity index (χ1) is 20.4. The summed E-state index contributed by atoms with van der Waals surface area (Å²) >= 11 is 0. The lowest BCUT2D eigenvalue weighted by Gasteiger charge is -2.45. The van der Waals surface area contributed by atoms with E-state index in [2.05, 4.69) is 32.5 Å². The number of aromatic nitrogens is 2. The van der Waals surface area contributed by atoms with E-state index < -0.39 is 23.0 Å². The van der Waals surface area contributed by atoms with E-state index in [9.17, 15) is 10.1 Å². The molecule has 0 bridgehead atoms. The van der Waals surface area contributed by atoms with Gasteiger partial charge < -0.3 is 33.7 Å². The van der Waals surface area contributed by atoms with Crippen molar-refractivity contribution >= 4 is 11.8 Å². The molecule has 3 heterocycles. The van der Waals surface area contributed by atoms with Crippen molar-refractivity contribution in [3.63, 3.8) is 0 Å². The van der Waals surface area contributed by atoms with Gasteiger partial charge in [0.15, 0.2) is 5.79 Å². The van der Waals surface area contributed by atoms with Gasteiger partial charge in [0.05, 0.1) is 25.4 Å². The highest BCUT2D eigenvalue weighted by Crippen LogP contribution is 2.38. The van der Waals surface area contributed by atoms with Gasteiger partial charge in [-0.15, -0.1) is 0 Å². The lowest BCUT2D eigenvalue weighted by molar-refractivity contribution is -0.269. The molecule has 0 spiro atoms. The summed E-state index contributed by atoms with van der Waals surface area (Å²) in [6.45, 7) is 13.5. The van der Waals surface area contributed by atoms with Crippen LogP contribution in [0.4, 0.5) is 10.5 Å². The summed E-state index contributed by atoms with van der Waals surface area (Å²) in [5.74, 6) is 0.569. The summed E-state index contributed by atoms with van der Waals surface area (Å²) in [4.78, 5) is 19.8. The van der Waals surface area contributed by atoms with Gasteiger partial charge in [0.25, 0.3) is 5.89 Å². The Bertz CT molecular complexity index is 1510. The number of carbonyl (C=O) groups is 1. The molecule has 0 aliphatic carbocycles. The monoisotopic (exact) mass is 589 g/mol. The molecular formula is C32H39N5O6. The van der Waals surface area contributed by atoms with Crippen LogP contribution in [0, 0.1) is 11.3 Å². The molecule has 0 radical (unpaired) electrons. The van der Waals surface area contributed by atoms with E-state index in [1.165, 1.54) is 0 Å². The van der Waals surface area contributed by atoms with Crippen LogP contribution in [0.3, 0.4) is 0 Å². The minimum atomic E-state index is -0.819. The highest BCUT2D eigenvalue weighted by molar-refractivity contribution is 5.74. The Labute approximate surface area is 252 Å². The molecule has 11 nitrogen and oxygen atoms in total. The van der Waals surface area contributed by atoms with Crippen LogP contribution in [-0.4, -0.2) is 66.1 Å². The Balaban J connectivity index is 1.38. The predicted molar refractivity (Wildman–Crippen MR) is 160 cm³/mol. The standard InChI is InChI=1S/C32H39N5O6/c1-7-15-39-26-12-11-21(16-22(26)17-33)28-34-27(36-43-28)24-9-8-10-25-23(24)13-14-37(25)18-32(19-40-31(5,6)41-20-32)35-29(38)42-30(2,3)4/h8-12,16H,7,13-15,18-20H2,1-6H3,(H,35,38). The third-order valence-electron chi connectivity index (χ3n) is 7.25. The first-order valence-corrected chi connectivity index (χ1v) is 14.6. The van der Waals surface area contributed by atoms with Crippen molar-refractivity contribution in [1.29, 1.82) is 5.26 Å². The Morgan fingerprint density at radius 3 is 2.65 bits per heavy atom. The fraction of sp³-hybridized carbons (Fsp3) is 0.500. The lowest BCUT2D eigenvalue weighted by atomic mass is 9.99. The second kappa shape index (κ2) is 11.9. The zero-order valence-corrected chi connectivity index (χ0v) is 25.7. The maximum absolute atomic E-state index is 12.9. The van der Waals surface area contributed by atoms with Gasteiger partial charge in [-0.3, -0.25) is 0 Å². The maximum atomic E-state index is 12.9. The number of nitrogens with zero attached hydrogens (tertiary/aromatic N) is 4. The van der Waals surface area contributed by atoms with Crippen LogP contribution >= 0.6 is 0 Å². The van der Waals surface area contributed by atoms with Crippen molar-refractivity contribution in [2.24, 2.45) is 0 Å². The number of carbonyl (C=O) groups excluding carboxylic acids is 1. The SMILES string of the molecule is CCCOc1ccc(-c2nc(-c3cccc4c3CCN4CC3(NC(=O)OC(C)(C)C)COC(C)(C)OC3)no2)cc1C#N. The lowest BCUT2D eigenvalue weighted by Crippen LogP contribution is -2.66. The van der Waals surface area contributed by atoms with Gasteiger partial charge in [0.2, 0.25) is 5.82 Å². The fourth-order valence-corrected chi connectivity index (χ4v) is 5.21. The predicted octanol–water partition coefficient (Wildman–Crippen LogP) is 5.47. The average Bonchev–Trinajstić information content (AvgIpc) is 3.60. The van der Waals surface area contributed by atoms with Crippen LogP contribution in [0.5, 0.6) is 5.75 Å². The number of hydrogen-bond acceptors (Lipinski definition) is 10. The molecule has 1 amide bonds. The number of nitriles is 1. The summed E-state index contributed by atoms with van der Waals surface area (Å²) in [5, 5.41) is 16.9. The number of ether oxygens (including phenoxy) is 4. The first kappa shape index (κ1) is 30.3. The van der Waals surface area contributed by atoms with Crippen LogP contribution < -0.4 is 15.0 Å². The van der Waals surface area contributed by atoms with E-state index in [-0.39, 0.29) is 13.2 Å². The van der Waals surface area contributed by atoms with E-state index in [0.717, 1.165) is 36.2 Å². The number of alkyl carbamates (subject to hydrolysis) is 1. The van der Waals surface area contributed by atoms with Gasteiger partial charge in [-0.25, -0.2) is 4.79 Å². The molecule has 1 aromatic heterocycles. The van der Waals surface area contributed by atoms with Crippen LogP contribution in [-0.2, 0) is 20.6 Å². The highest BCUT2D eigenvalue weighted by Gasteiger charge is 2.44. The van der Waals surface area contributed by atoms with Crippen LogP contribution in [0.1, 0.15) is 59.1 Å². The Hall–Kier alpha value is -4.14. The van der Waals surface area contributed by atoms with Gasteiger partial charge in [-0.1, -0.05) is 24.2 Å².